The molecule has 0 amide bonds. The van der Waals surface area contributed by atoms with Gasteiger partial charge in [0.05, 0.1) is 18.1 Å². The fraction of sp³-hybridized carbons (Fsp3) is 0.452. The van der Waals surface area contributed by atoms with Gasteiger partial charge in [-0.2, -0.15) is 0 Å². The average molecular weight is 498 g/mol. The summed E-state index contributed by atoms with van der Waals surface area (Å²) >= 11 is 0. The monoisotopic (exact) mass is 497 g/mol. The zero-order valence-electron chi connectivity index (χ0n) is 22.7. The van der Waals surface area contributed by atoms with Crippen molar-refractivity contribution >= 4 is 11.5 Å². The van der Waals surface area contributed by atoms with E-state index in [-0.39, 0.29) is 5.78 Å². The number of benzene rings is 2. The van der Waals surface area contributed by atoms with Gasteiger partial charge in [-0.3, -0.25) is 9.69 Å². The van der Waals surface area contributed by atoms with Crippen molar-refractivity contribution < 1.29 is 4.79 Å². The zero-order chi connectivity index (χ0) is 25.9. The lowest BCUT2D eigenvalue weighted by atomic mass is 9.88. The van der Waals surface area contributed by atoms with E-state index in [1.165, 1.54) is 22.3 Å². The largest absolute Gasteiger partial charge is 0.364 e. The summed E-state index contributed by atoms with van der Waals surface area (Å²) in [6, 6.07) is 13.1. The Bertz CT molecular complexity index is 1230. The highest BCUT2D eigenvalue weighted by molar-refractivity contribution is 5.97. The van der Waals surface area contributed by atoms with Gasteiger partial charge in [-0.1, -0.05) is 51.1 Å². The minimum atomic E-state index is 0.182. The topological polar surface area (TPSA) is 52.6 Å². The SMILES string of the molecule is CC(C)c1cc(CC(=O)c2ccc3c(c2)CN(c2cncnc2)CC3C)cc(CN2CCN(C)CC2)c1. The van der Waals surface area contributed by atoms with Crippen molar-refractivity contribution in [3.05, 3.63) is 88.5 Å². The molecule has 0 bridgehead atoms. The number of hydrogen-bond acceptors (Lipinski definition) is 6. The summed E-state index contributed by atoms with van der Waals surface area (Å²) in [5.41, 5.74) is 8.13. The summed E-state index contributed by atoms with van der Waals surface area (Å²) in [7, 11) is 2.19. The van der Waals surface area contributed by atoms with E-state index in [4.69, 9.17) is 0 Å². The Morgan fingerprint density at radius 3 is 2.46 bits per heavy atom. The maximum absolute atomic E-state index is 13.5. The van der Waals surface area contributed by atoms with Gasteiger partial charge in [0.2, 0.25) is 0 Å². The number of fused-ring (bicyclic) bond motifs is 1. The molecule has 0 radical (unpaired) electrons. The number of ketones is 1. The molecule has 0 aliphatic carbocycles. The number of aromatic nitrogens is 2. The van der Waals surface area contributed by atoms with Crippen molar-refractivity contribution in [1.82, 2.24) is 19.8 Å². The van der Waals surface area contributed by atoms with Crippen LogP contribution in [0.5, 0.6) is 0 Å². The molecule has 0 saturated carbocycles. The van der Waals surface area contributed by atoms with Gasteiger partial charge in [0.15, 0.2) is 5.78 Å². The molecule has 1 fully saturated rings. The number of piperazine rings is 1. The molecule has 0 spiro atoms. The predicted molar refractivity (Wildman–Crippen MR) is 149 cm³/mol. The van der Waals surface area contributed by atoms with Crippen LogP contribution in [0.25, 0.3) is 0 Å². The molecule has 3 aromatic rings. The summed E-state index contributed by atoms with van der Waals surface area (Å²) in [6.45, 7) is 13.8. The Balaban J connectivity index is 1.34. The molecule has 1 aromatic heterocycles. The van der Waals surface area contributed by atoms with Gasteiger partial charge in [-0.25, -0.2) is 9.97 Å². The number of anilines is 1. The average Bonchev–Trinajstić information content (AvgIpc) is 2.90. The molecule has 6 heteroatoms. The maximum Gasteiger partial charge on any atom is 0.167 e. The second-order valence-electron chi connectivity index (χ2n) is 11.2. The van der Waals surface area contributed by atoms with E-state index < -0.39 is 0 Å². The van der Waals surface area contributed by atoms with Crippen LogP contribution >= 0.6 is 0 Å². The standard InChI is InChI=1S/C31H39N5O/c1-22(2)27-12-24(11-25(13-27)19-35-9-7-34(4)8-10-35)14-31(37)26-5-6-30-23(3)18-36(20-28(30)15-26)29-16-32-21-33-17-29/h5-6,11-13,15-17,21-23H,7-10,14,18-20H2,1-4H3. The molecule has 0 N–H and O–H groups in total. The maximum atomic E-state index is 13.5. The van der Waals surface area contributed by atoms with E-state index in [0.717, 1.165) is 62.6 Å². The van der Waals surface area contributed by atoms with Crippen LogP contribution in [0, 0.1) is 0 Å². The first-order chi connectivity index (χ1) is 17.9. The number of hydrogen-bond donors (Lipinski definition) is 0. The lowest BCUT2D eigenvalue weighted by Gasteiger charge is -2.34. The molecule has 5 rings (SSSR count). The first-order valence-electron chi connectivity index (χ1n) is 13.6. The van der Waals surface area contributed by atoms with Crippen molar-refractivity contribution in [2.45, 2.75) is 52.1 Å². The summed E-state index contributed by atoms with van der Waals surface area (Å²) in [5.74, 6) is 0.995. The van der Waals surface area contributed by atoms with E-state index in [1.54, 1.807) is 6.33 Å². The van der Waals surface area contributed by atoms with E-state index in [2.05, 4.69) is 82.8 Å². The third-order valence-corrected chi connectivity index (χ3v) is 7.87. The van der Waals surface area contributed by atoms with Gasteiger partial charge in [0, 0.05) is 57.8 Å². The van der Waals surface area contributed by atoms with Crippen LogP contribution in [0.1, 0.15) is 70.8 Å². The van der Waals surface area contributed by atoms with Gasteiger partial charge >= 0.3 is 0 Å². The normalized spacial score (nSPS) is 18.7. The number of rotatable bonds is 7. The van der Waals surface area contributed by atoms with Crippen LogP contribution in [-0.4, -0.2) is 65.3 Å². The van der Waals surface area contributed by atoms with Crippen LogP contribution in [0.4, 0.5) is 5.69 Å². The number of nitrogens with zero attached hydrogens (tertiary/aromatic N) is 5. The molecule has 194 valence electrons. The fourth-order valence-electron chi connectivity index (χ4n) is 5.62. The third kappa shape index (κ3) is 6.08. The second-order valence-corrected chi connectivity index (χ2v) is 11.2. The number of likely N-dealkylation sites (N-methyl/N-ethyl adjacent to an activating group) is 1. The lowest BCUT2D eigenvalue weighted by Crippen LogP contribution is -2.43. The minimum Gasteiger partial charge on any atom is -0.364 e. The number of carbonyl (C=O) groups is 1. The van der Waals surface area contributed by atoms with Crippen LogP contribution < -0.4 is 4.90 Å². The Morgan fingerprint density at radius 2 is 1.73 bits per heavy atom. The highest BCUT2D eigenvalue weighted by Crippen LogP contribution is 2.32. The first-order valence-corrected chi connectivity index (χ1v) is 13.6. The van der Waals surface area contributed by atoms with Crippen LogP contribution in [0.2, 0.25) is 0 Å². The number of carbonyl (C=O) groups excluding carboxylic acids is 1. The van der Waals surface area contributed by atoms with Gasteiger partial charge in [0.1, 0.15) is 6.33 Å². The highest BCUT2D eigenvalue weighted by atomic mass is 16.1. The predicted octanol–water partition coefficient (Wildman–Crippen LogP) is 4.90. The molecule has 1 unspecified atom stereocenters. The summed E-state index contributed by atoms with van der Waals surface area (Å²) in [5, 5.41) is 0. The molecule has 3 heterocycles. The Morgan fingerprint density at radius 1 is 1.00 bits per heavy atom. The van der Waals surface area contributed by atoms with E-state index >= 15 is 0 Å². The van der Waals surface area contributed by atoms with Crippen molar-refractivity contribution in [2.75, 3.05) is 44.7 Å². The molecule has 2 aliphatic rings. The van der Waals surface area contributed by atoms with Crippen LogP contribution in [0.15, 0.2) is 55.1 Å². The van der Waals surface area contributed by atoms with Gasteiger partial charge in [-0.05, 0) is 52.8 Å². The summed E-state index contributed by atoms with van der Waals surface area (Å²) < 4.78 is 0. The molecule has 2 aromatic carbocycles. The van der Waals surface area contributed by atoms with Crippen molar-refractivity contribution in [3.8, 4) is 0 Å². The van der Waals surface area contributed by atoms with Crippen molar-refractivity contribution in [2.24, 2.45) is 0 Å². The van der Waals surface area contributed by atoms with Gasteiger partial charge < -0.3 is 9.80 Å². The van der Waals surface area contributed by atoms with Gasteiger partial charge in [-0.15, -0.1) is 0 Å². The van der Waals surface area contributed by atoms with Crippen LogP contribution in [0.3, 0.4) is 0 Å². The zero-order valence-corrected chi connectivity index (χ0v) is 22.7. The number of Topliss-reactive ketones (excluding diaryl/α,β-unsaturated/α-hetero) is 1. The fourth-order valence-corrected chi connectivity index (χ4v) is 5.62. The second kappa shape index (κ2) is 11.1. The van der Waals surface area contributed by atoms with Crippen LogP contribution in [-0.2, 0) is 19.5 Å². The molecular formula is C31H39N5O. The smallest absolute Gasteiger partial charge is 0.167 e. The molecular weight excluding hydrogens is 458 g/mol. The lowest BCUT2D eigenvalue weighted by molar-refractivity contribution is 0.0992. The van der Waals surface area contributed by atoms with Gasteiger partial charge in [0.25, 0.3) is 0 Å². The van der Waals surface area contributed by atoms with E-state index in [0.29, 0.717) is 18.3 Å². The Kier molecular flexibility index (Phi) is 7.68. The quantitative estimate of drug-likeness (QED) is 0.433. The third-order valence-electron chi connectivity index (χ3n) is 7.87. The Labute approximate surface area is 221 Å². The molecule has 37 heavy (non-hydrogen) atoms. The molecule has 1 atom stereocenters. The van der Waals surface area contributed by atoms with E-state index in [1.807, 2.05) is 18.5 Å². The molecule has 2 aliphatic heterocycles. The highest BCUT2D eigenvalue weighted by Gasteiger charge is 2.24. The molecule has 1 saturated heterocycles. The summed E-state index contributed by atoms with van der Waals surface area (Å²) in [6.07, 6.45) is 5.72. The minimum absolute atomic E-state index is 0.182. The van der Waals surface area contributed by atoms with Crippen molar-refractivity contribution in [1.29, 1.82) is 0 Å². The summed E-state index contributed by atoms with van der Waals surface area (Å²) in [4.78, 5) is 29.1. The first kappa shape index (κ1) is 25.6. The van der Waals surface area contributed by atoms with Crippen molar-refractivity contribution in [3.63, 3.8) is 0 Å². The Hall–Kier alpha value is -3.09. The van der Waals surface area contributed by atoms with E-state index in [9.17, 15) is 4.79 Å². The molecule has 6 nitrogen and oxygen atoms in total.